The van der Waals surface area contributed by atoms with Crippen LogP contribution in [0, 0.1) is 5.41 Å². The number of aromatic nitrogens is 4. The van der Waals surface area contributed by atoms with Crippen molar-refractivity contribution in [2.75, 3.05) is 13.2 Å². The number of benzene rings is 1. The third kappa shape index (κ3) is 7.58. The predicted molar refractivity (Wildman–Crippen MR) is 149 cm³/mol. The highest BCUT2D eigenvalue weighted by Gasteiger charge is 2.56. The lowest BCUT2D eigenvalue weighted by molar-refractivity contribution is -0.199. The number of hydrogen-bond acceptors (Lipinski definition) is 11. The number of aryl methyl sites for hydroxylation is 1. The van der Waals surface area contributed by atoms with Gasteiger partial charge in [-0.25, -0.2) is 19.1 Å². The first-order valence-electron chi connectivity index (χ1n) is 13.2. The molecule has 2 aromatic heterocycles. The highest BCUT2D eigenvalue weighted by molar-refractivity contribution is 8.54. The summed E-state index contributed by atoms with van der Waals surface area (Å²) in [7, 11) is -4.47. The molecule has 0 amide bonds. The predicted octanol–water partition coefficient (Wildman–Crippen LogP) is 3.32. The van der Waals surface area contributed by atoms with E-state index in [4.69, 9.17) is 33.9 Å². The minimum Gasteiger partial charge on any atom is -0.347 e. The standard InChI is InChI=1S/C24H33N5O10P2S/c1-24(2)38-19-17(13-36-41(33,34)42-16-9-5-3-6-10-16)37-23(20(19)39-24)29-15-26-18-21(25)28(14-27-22(18)29)11-7-4-8-12-35-40(30,31)32/h3,5-6,9-10,14-15,17,19-20,23,25H,4,7-8,11-13H2,1-2H3,(H,33,34)(H2,30,31,32)/t17-,19-,20-,23-/m1/s1. The second kappa shape index (κ2) is 12.6. The molecule has 0 aliphatic carbocycles. The van der Waals surface area contributed by atoms with Crippen LogP contribution in [0.25, 0.3) is 11.2 Å². The zero-order valence-corrected chi connectivity index (χ0v) is 25.5. The summed E-state index contributed by atoms with van der Waals surface area (Å²) in [6.07, 6.45) is 2.13. The quantitative estimate of drug-likeness (QED) is 0.156. The lowest BCUT2D eigenvalue weighted by Gasteiger charge is -2.25. The molecule has 1 aromatic carbocycles. The summed E-state index contributed by atoms with van der Waals surface area (Å²) >= 11 is 0.743. The Labute approximate surface area is 245 Å². The van der Waals surface area contributed by atoms with Gasteiger partial charge in [0.05, 0.1) is 25.9 Å². The fourth-order valence-corrected chi connectivity index (χ4v) is 7.70. The second-order valence-electron chi connectivity index (χ2n) is 10.3. The third-order valence-electron chi connectivity index (χ3n) is 6.67. The van der Waals surface area contributed by atoms with Crippen LogP contribution in [0.5, 0.6) is 0 Å². The van der Waals surface area contributed by atoms with Gasteiger partial charge >= 0.3 is 14.6 Å². The van der Waals surface area contributed by atoms with Crippen LogP contribution in [-0.2, 0) is 38.9 Å². The molecule has 5 atom stereocenters. The molecule has 18 heteroatoms. The molecule has 0 saturated carbocycles. The number of phosphoric ester groups is 1. The van der Waals surface area contributed by atoms with Crippen LogP contribution >= 0.6 is 26.0 Å². The third-order valence-corrected chi connectivity index (χ3v) is 10.0. The van der Waals surface area contributed by atoms with Gasteiger partial charge in [-0.2, -0.15) is 0 Å². The molecule has 0 bridgehead atoms. The number of imidazole rings is 1. The van der Waals surface area contributed by atoms with Crippen LogP contribution in [0.2, 0.25) is 0 Å². The summed E-state index contributed by atoms with van der Waals surface area (Å²) in [4.78, 5) is 37.5. The number of hydrogen-bond donors (Lipinski definition) is 4. The van der Waals surface area contributed by atoms with Crippen molar-refractivity contribution in [2.45, 2.75) is 74.9 Å². The summed E-state index contributed by atoms with van der Waals surface area (Å²) in [5.74, 6) is -0.930. The van der Waals surface area contributed by atoms with Crippen LogP contribution in [0.4, 0.5) is 0 Å². The Morgan fingerprint density at radius 1 is 1.02 bits per heavy atom. The summed E-state index contributed by atoms with van der Waals surface area (Å²) in [5, 5.41) is 8.64. The monoisotopic (exact) mass is 645 g/mol. The molecule has 15 nitrogen and oxygen atoms in total. The minimum atomic E-state index is -4.47. The Kier molecular flexibility index (Phi) is 9.43. The smallest absolute Gasteiger partial charge is 0.347 e. The van der Waals surface area contributed by atoms with Crippen molar-refractivity contribution in [3.05, 3.63) is 48.5 Å². The van der Waals surface area contributed by atoms with Gasteiger partial charge in [-0.1, -0.05) is 18.2 Å². The summed E-state index contributed by atoms with van der Waals surface area (Å²) < 4.78 is 55.2. The first-order chi connectivity index (χ1) is 19.8. The normalized spacial score (nSPS) is 25.1. The summed E-state index contributed by atoms with van der Waals surface area (Å²) in [6.45, 7) is -0.309. The Balaban J connectivity index is 1.27. The average molecular weight is 646 g/mol. The first-order valence-corrected chi connectivity index (χ1v) is 17.7. The van der Waals surface area contributed by atoms with Gasteiger partial charge in [-0.3, -0.25) is 19.0 Å². The molecule has 230 valence electrons. The topological polar surface area (TPSA) is 200 Å². The maximum absolute atomic E-state index is 12.8. The molecular weight excluding hydrogens is 612 g/mol. The van der Waals surface area contributed by atoms with Crippen molar-refractivity contribution in [1.82, 2.24) is 19.1 Å². The Hall–Kier alpha value is -1.94. The van der Waals surface area contributed by atoms with Crippen molar-refractivity contribution >= 4 is 37.2 Å². The molecule has 0 radical (unpaired) electrons. The molecule has 1 unspecified atom stereocenters. The fourth-order valence-electron chi connectivity index (χ4n) is 4.89. The Bertz CT molecular complexity index is 1550. The summed E-state index contributed by atoms with van der Waals surface area (Å²) in [5.41, 5.74) is 0.889. The summed E-state index contributed by atoms with van der Waals surface area (Å²) in [6, 6.07) is 8.79. The molecule has 5 rings (SSSR count). The number of fused-ring (bicyclic) bond motifs is 2. The molecule has 2 fully saturated rings. The first kappa shape index (κ1) is 31.5. The van der Waals surface area contributed by atoms with Crippen LogP contribution in [0.3, 0.4) is 0 Å². The average Bonchev–Trinajstić information content (AvgIpc) is 3.57. The number of rotatable bonds is 13. The molecule has 2 aliphatic heterocycles. The number of phosphoric acid groups is 1. The molecule has 2 aliphatic rings. The van der Waals surface area contributed by atoms with Gasteiger partial charge in [0.1, 0.15) is 23.8 Å². The number of ether oxygens (including phenoxy) is 3. The maximum Gasteiger partial charge on any atom is 0.469 e. The maximum atomic E-state index is 12.8. The van der Waals surface area contributed by atoms with Crippen molar-refractivity contribution in [2.24, 2.45) is 0 Å². The van der Waals surface area contributed by atoms with Gasteiger partial charge in [0.2, 0.25) is 0 Å². The number of nitrogens with one attached hydrogen (secondary N) is 1. The van der Waals surface area contributed by atoms with E-state index >= 15 is 0 Å². The highest BCUT2D eigenvalue weighted by atomic mass is 32.7. The second-order valence-corrected chi connectivity index (χ2v) is 15.3. The lowest BCUT2D eigenvalue weighted by atomic mass is 10.1. The largest absolute Gasteiger partial charge is 0.469 e. The van der Waals surface area contributed by atoms with E-state index in [-0.39, 0.29) is 18.7 Å². The fraction of sp³-hybridized carbons (Fsp3) is 0.542. The molecule has 4 N–H and O–H groups in total. The molecule has 4 heterocycles. The van der Waals surface area contributed by atoms with Crippen LogP contribution in [0.15, 0.2) is 47.9 Å². The van der Waals surface area contributed by atoms with Crippen molar-refractivity contribution in [1.29, 1.82) is 5.41 Å². The van der Waals surface area contributed by atoms with Gasteiger partial charge in [0.15, 0.2) is 23.1 Å². The van der Waals surface area contributed by atoms with Crippen molar-refractivity contribution in [3.8, 4) is 0 Å². The van der Waals surface area contributed by atoms with E-state index in [9.17, 15) is 14.0 Å². The van der Waals surface area contributed by atoms with Crippen molar-refractivity contribution < 1.29 is 47.1 Å². The molecule has 0 spiro atoms. The van der Waals surface area contributed by atoms with E-state index in [1.807, 2.05) is 6.07 Å². The lowest BCUT2D eigenvalue weighted by Crippen LogP contribution is -2.32. The Morgan fingerprint density at radius 2 is 1.76 bits per heavy atom. The van der Waals surface area contributed by atoms with E-state index in [1.165, 1.54) is 12.7 Å². The highest BCUT2D eigenvalue weighted by Crippen LogP contribution is 2.59. The van der Waals surface area contributed by atoms with E-state index in [2.05, 4.69) is 14.5 Å². The van der Waals surface area contributed by atoms with Crippen LogP contribution in [0.1, 0.15) is 39.3 Å². The van der Waals surface area contributed by atoms with Gasteiger partial charge in [-0.15, -0.1) is 0 Å². The molecule has 42 heavy (non-hydrogen) atoms. The number of nitrogens with zero attached hydrogens (tertiary/aromatic N) is 4. The van der Waals surface area contributed by atoms with E-state index in [1.54, 1.807) is 47.2 Å². The SMILES string of the molecule is CC1(C)O[C@@H]2[C@H](O1)[C@@H](COP(=O)(O)Sc1ccccc1)O[C@H]2n1cnc2c(=N)n(CCCCCOP(=O)(O)O)cnc21. The van der Waals surface area contributed by atoms with E-state index in [0.29, 0.717) is 41.9 Å². The minimum absolute atomic E-state index is 0.0513. The van der Waals surface area contributed by atoms with Gasteiger partial charge in [-0.05, 0) is 56.6 Å². The van der Waals surface area contributed by atoms with Crippen LogP contribution < -0.4 is 5.49 Å². The van der Waals surface area contributed by atoms with Gasteiger partial charge in [0, 0.05) is 11.4 Å². The van der Waals surface area contributed by atoms with Gasteiger partial charge < -0.3 is 33.5 Å². The van der Waals surface area contributed by atoms with Crippen LogP contribution in [-0.4, -0.2) is 71.1 Å². The Morgan fingerprint density at radius 3 is 2.50 bits per heavy atom. The van der Waals surface area contributed by atoms with E-state index in [0.717, 1.165) is 11.4 Å². The van der Waals surface area contributed by atoms with Crippen molar-refractivity contribution in [3.63, 3.8) is 0 Å². The molecular formula is C24H33N5O10P2S. The number of unbranched alkanes of at least 4 members (excludes halogenated alkanes) is 2. The van der Waals surface area contributed by atoms with Gasteiger partial charge in [0.25, 0.3) is 0 Å². The zero-order valence-electron chi connectivity index (χ0n) is 22.9. The molecule has 3 aromatic rings. The van der Waals surface area contributed by atoms with E-state index < -0.39 is 44.9 Å². The molecule has 2 saturated heterocycles. The zero-order chi connectivity index (χ0) is 30.1.